The van der Waals surface area contributed by atoms with Crippen LogP contribution in [0.4, 0.5) is 0 Å². The summed E-state index contributed by atoms with van der Waals surface area (Å²) >= 11 is 0. The van der Waals surface area contributed by atoms with E-state index in [1.165, 1.54) is 17.5 Å². The topological polar surface area (TPSA) is 55.7 Å². The third-order valence-electron chi connectivity index (χ3n) is 8.00. The maximum absolute atomic E-state index is 13.7. The van der Waals surface area contributed by atoms with Crippen molar-refractivity contribution >= 4 is 17.5 Å². The standard InChI is InChI=1S/C31H35NO3/c1-3-21-14-16-23(17-15-21)29-28(31(34)35-25-12-8-5-9-13-25)20(2)32-26-18-24(19-27(33)30(26)29)22-10-6-4-7-11-22/h4,6-7,10-11,14-17,24-25,28-29H,3,5,8-9,12-13,18-19H2,1-2H3. The second kappa shape index (κ2) is 10.3. The van der Waals surface area contributed by atoms with Crippen molar-refractivity contribution in [2.45, 2.75) is 83.2 Å². The molecule has 3 aliphatic rings. The largest absolute Gasteiger partial charge is 0.462 e. The molecule has 1 fully saturated rings. The summed E-state index contributed by atoms with van der Waals surface area (Å²) < 4.78 is 6.05. The summed E-state index contributed by atoms with van der Waals surface area (Å²) in [5.74, 6) is -0.898. The summed E-state index contributed by atoms with van der Waals surface area (Å²) in [5, 5.41) is 0. The lowest BCUT2D eigenvalue weighted by atomic mass is 9.69. The van der Waals surface area contributed by atoms with Gasteiger partial charge in [-0.3, -0.25) is 14.6 Å². The van der Waals surface area contributed by atoms with Gasteiger partial charge in [-0.15, -0.1) is 0 Å². The maximum atomic E-state index is 13.7. The first-order valence-corrected chi connectivity index (χ1v) is 13.2. The molecule has 0 amide bonds. The molecule has 4 nitrogen and oxygen atoms in total. The van der Waals surface area contributed by atoms with Gasteiger partial charge >= 0.3 is 5.97 Å². The molecule has 35 heavy (non-hydrogen) atoms. The maximum Gasteiger partial charge on any atom is 0.315 e. The molecule has 0 aromatic heterocycles. The van der Waals surface area contributed by atoms with Gasteiger partial charge in [0.15, 0.2) is 5.78 Å². The van der Waals surface area contributed by atoms with Gasteiger partial charge in [-0.05, 0) is 68.1 Å². The van der Waals surface area contributed by atoms with Crippen LogP contribution in [0.1, 0.15) is 87.3 Å². The smallest absolute Gasteiger partial charge is 0.315 e. The molecular formula is C31H35NO3. The monoisotopic (exact) mass is 469 g/mol. The van der Waals surface area contributed by atoms with Crippen molar-refractivity contribution in [2.24, 2.45) is 10.9 Å². The highest BCUT2D eigenvalue weighted by Gasteiger charge is 2.45. The summed E-state index contributed by atoms with van der Waals surface area (Å²) in [5.41, 5.74) is 5.74. The van der Waals surface area contributed by atoms with Crippen molar-refractivity contribution in [2.75, 3.05) is 0 Å². The van der Waals surface area contributed by atoms with E-state index in [-0.39, 0.29) is 29.7 Å². The van der Waals surface area contributed by atoms with Crippen molar-refractivity contribution in [3.8, 4) is 0 Å². The fourth-order valence-electron chi connectivity index (χ4n) is 6.07. The summed E-state index contributed by atoms with van der Waals surface area (Å²) in [7, 11) is 0. The van der Waals surface area contributed by atoms with Crippen molar-refractivity contribution in [1.29, 1.82) is 0 Å². The zero-order valence-electron chi connectivity index (χ0n) is 20.8. The van der Waals surface area contributed by atoms with Gasteiger partial charge in [-0.25, -0.2) is 0 Å². The molecule has 182 valence electrons. The third kappa shape index (κ3) is 4.89. The number of allylic oxidation sites excluding steroid dienone is 2. The molecule has 0 N–H and O–H groups in total. The number of carbonyl (C=O) groups is 2. The molecule has 0 bridgehead atoms. The molecule has 3 unspecified atom stereocenters. The molecule has 0 spiro atoms. The number of nitrogens with zero attached hydrogens (tertiary/aromatic N) is 1. The number of Topliss-reactive ketones (excluding diaryl/α,β-unsaturated/α-hetero) is 1. The fourth-order valence-corrected chi connectivity index (χ4v) is 6.07. The van der Waals surface area contributed by atoms with Crippen LogP contribution < -0.4 is 0 Å². The number of esters is 1. The number of rotatable bonds is 5. The average Bonchev–Trinajstić information content (AvgIpc) is 2.89. The zero-order valence-corrected chi connectivity index (χ0v) is 20.8. The molecule has 1 aliphatic heterocycles. The van der Waals surface area contributed by atoms with E-state index >= 15 is 0 Å². The van der Waals surface area contributed by atoms with E-state index in [0.717, 1.165) is 61.1 Å². The zero-order chi connectivity index (χ0) is 24.4. The molecule has 2 aliphatic carbocycles. The van der Waals surface area contributed by atoms with Crippen molar-refractivity contribution in [3.63, 3.8) is 0 Å². The average molecular weight is 470 g/mol. The first kappa shape index (κ1) is 23.7. The van der Waals surface area contributed by atoms with E-state index in [1.54, 1.807) is 0 Å². The van der Waals surface area contributed by atoms with Crippen LogP contribution in [-0.2, 0) is 20.7 Å². The van der Waals surface area contributed by atoms with Crippen molar-refractivity contribution in [3.05, 3.63) is 82.6 Å². The van der Waals surface area contributed by atoms with Crippen LogP contribution in [-0.4, -0.2) is 23.6 Å². The van der Waals surface area contributed by atoms with Gasteiger partial charge in [0.05, 0.1) is 0 Å². The van der Waals surface area contributed by atoms with Gasteiger partial charge in [0, 0.05) is 29.3 Å². The van der Waals surface area contributed by atoms with Crippen LogP contribution in [0.25, 0.3) is 0 Å². The van der Waals surface area contributed by atoms with E-state index in [9.17, 15) is 9.59 Å². The van der Waals surface area contributed by atoms with E-state index < -0.39 is 5.92 Å². The number of ketones is 1. The van der Waals surface area contributed by atoms with Gasteiger partial charge in [-0.2, -0.15) is 0 Å². The summed E-state index contributed by atoms with van der Waals surface area (Å²) in [4.78, 5) is 32.2. The van der Waals surface area contributed by atoms with Crippen LogP contribution in [0.2, 0.25) is 0 Å². The molecule has 2 aromatic rings. The molecule has 2 aromatic carbocycles. The number of aliphatic imine (C=N–C) groups is 1. The molecule has 3 atom stereocenters. The normalized spacial score (nSPS) is 25.1. The number of aryl methyl sites for hydroxylation is 1. The Bertz CT molecular complexity index is 1140. The van der Waals surface area contributed by atoms with E-state index in [4.69, 9.17) is 9.73 Å². The second-order valence-electron chi connectivity index (χ2n) is 10.3. The minimum absolute atomic E-state index is 0.0212. The van der Waals surface area contributed by atoms with Gasteiger partial charge in [-0.1, -0.05) is 67.9 Å². The first-order valence-electron chi connectivity index (χ1n) is 13.2. The van der Waals surface area contributed by atoms with E-state index in [1.807, 2.05) is 25.1 Å². The Hall–Kier alpha value is -3.01. The Kier molecular flexibility index (Phi) is 6.99. The van der Waals surface area contributed by atoms with Gasteiger partial charge in [0.2, 0.25) is 0 Å². The molecule has 0 saturated heterocycles. The molecular weight excluding hydrogens is 434 g/mol. The number of benzene rings is 2. The molecule has 4 heteroatoms. The van der Waals surface area contributed by atoms with Crippen molar-refractivity contribution in [1.82, 2.24) is 0 Å². The Labute approximate surface area is 208 Å². The molecule has 0 radical (unpaired) electrons. The highest BCUT2D eigenvalue weighted by atomic mass is 16.5. The minimum atomic E-state index is -0.555. The SMILES string of the molecule is CCc1ccc(C2C3=C(CC(c4ccccc4)CC3=O)N=C(C)C2C(=O)OC2CCCCC2)cc1. The summed E-state index contributed by atoms with van der Waals surface area (Å²) in [6, 6.07) is 18.6. The highest BCUT2D eigenvalue weighted by Crippen LogP contribution is 2.47. The Morgan fingerprint density at radius 2 is 1.66 bits per heavy atom. The summed E-state index contributed by atoms with van der Waals surface area (Å²) in [6.45, 7) is 4.06. The highest BCUT2D eigenvalue weighted by molar-refractivity contribution is 6.09. The van der Waals surface area contributed by atoms with E-state index in [2.05, 4.69) is 43.3 Å². The number of hydrogen-bond acceptors (Lipinski definition) is 4. The Balaban J connectivity index is 1.52. The lowest BCUT2D eigenvalue weighted by Crippen LogP contribution is -2.39. The van der Waals surface area contributed by atoms with Gasteiger partial charge in [0.1, 0.15) is 12.0 Å². The van der Waals surface area contributed by atoms with Crippen LogP contribution in [0.3, 0.4) is 0 Å². The Morgan fingerprint density at radius 3 is 2.34 bits per heavy atom. The first-order chi connectivity index (χ1) is 17.0. The number of ether oxygens (including phenoxy) is 1. The van der Waals surface area contributed by atoms with Gasteiger partial charge < -0.3 is 4.74 Å². The predicted octanol–water partition coefficient (Wildman–Crippen LogP) is 6.70. The Morgan fingerprint density at radius 1 is 0.943 bits per heavy atom. The number of carbonyl (C=O) groups excluding carboxylic acids is 2. The minimum Gasteiger partial charge on any atom is -0.462 e. The van der Waals surface area contributed by atoms with Crippen LogP contribution in [0.15, 0.2) is 70.9 Å². The quantitative estimate of drug-likeness (QED) is 0.458. The molecule has 1 heterocycles. The lowest BCUT2D eigenvalue weighted by molar-refractivity contribution is -0.153. The molecule has 5 rings (SSSR count). The predicted molar refractivity (Wildman–Crippen MR) is 139 cm³/mol. The fraction of sp³-hybridized carbons (Fsp3) is 0.452. The van der Waals surface area contributed by atoms with Crippen LogP contribution in [0, 0.1) is 5.92 Å². The van der Waals surface area contributed by atoms with Crippen LogP contribution >= 0.6 is 0 Å². The third-order valence-corrected chi connectivity index (χ3v) is 8.00. The summed E-state index contributed by atoms with van der Waals surface area (Å²) in [6.07, 6.45) is 7.36. The second-order valence-corrected chi connectivity index (χ2v) is 10.3. The lowest BCUT2D eigenvalue weighted by Gasteiger charge is -2.37. The van der Waals surface area contributed by atoms with Crippen molar-refractivity contribution < 1.29 is 14.3 Å². The number of hydrogen-bond donors (Lipinski definition) is 0. The van der Waals surface area contributed by atoms with Gasteiger partial charge in [0.25, 0.3) is 0 Å². The van der Waals surface area contributed by atoms with E-state index in [0.29, 0.717) is 6.42 Å². The molecule has 1 saturated carbocycles. The van der Waals surface area contributed by atoms with Crippen LogP contribution in [0.5, 0.6) is 0 Å².